The van der Waals surface area contributed by atoms with Gasteiger partial charge in [-0.2, -0.15) is 18.4 Å². The smallest absolute Gasteiger partial charge is 0.359 e. The predicted molar refractivity (Wildman–Crippen MR) is 87.2 cm³/mol. The lowest BCUT2D eigenvalue weighted by molar-refractivity contribution is -0.286. The second-order valence-corrected chi connectivity index (χ2v) is 6.60. The molecule has 3 rings (SSSR count). The molecule has 0 saturated heterocycles. The summed E-state index contributed by atoms with van der Waals surface area (Å²) in [7, 11) is 0. The zero-order valence-corrected chi connectivity index (χ0v) is 13.9. The van der Waals surface area contributed by atoms with Crippen molar-refractivity contribution in [2.75, 3.05) is 18.5 Å². The third-order valence-electron chi connectivity index (χ3n) is 4.58. The Labute approximate surface area is 147 Å². The van der Waals surface area contributed by atoms with Crippen molar-refractivity contribution in [2.24, 2.45) is 10.9 Å². The van der Waals surface area contributed by atoms with Crippen LogP contribution in [0.15, 0.2) is 23.2 Å². The molecule has 0 spiro atoms. The molecule has 1 fully saturated rings. The van der Waals surface area contributed by atoms with Gasteiger partial charge in [0.25, 0.3) is 0 Å². The quantitative estimate of drug-likeness (QED) is 0.792. The first kappa shape index (κ1) is 17.8. The highest BCUT2D eigenvalue weighted by Crippen LogP contribution is 2.47. The second kappa shape index (κ2) is 6.73. The molecule has 1 saturated carbocycles. The van der Waals surface area contributed by atoms with Gasteiger partial charge in [-0.25, -0.2) is 0 Å². The van der Waals surface area contributed by atoms with Crippen LogP contribution in [0.5, 0.6) is 0 Å². The second-order valence-electron chi connectivity index (χ2n) is 6.16. The standard InChI is InChI=1S/C16H16ClF3N4O/c17-11-4-5-13-12(6-11)15(16(18,19)20,25-7-10-2-1-3-10)8-22-14(24-13)23-9-21/h4-6,10H,1-3,7-8H2,(H2,22,23,24)/t15-/m1/s1. The van der Waals surface area contributed by atoms with Crippen molar-refractivity contribution in [3.8, 4) is 6.19 Å². The molecule has 1 aliphatic heterocycles. The fourth-order valence-electron chi connectivity index (χ4n) is 2.94. The van der Waals surface area contributed by atoms with Crippen LogP contribution in [0, 0.1) is 17.4 Å². The van der Waals surface area contributed by atoms with Gasteiger partial charge in [0.2, 0.25) is 17.8 Å². The van der Waals surface area contributed by atoms with E-state index in [0.29, 0.717) is 0 Å². The molecule has 25 heavy (non-hydrogen) atoms. The van der Waals surface area contributed by atoms with Crippen LogP contribution in [-0.2, 0) is 10.3 Å². The molecule has 1 heterocycles. The number of benzene rings is 1. The van der Waals surface area contributed by atoms with Gasteiger partial charge in [0.05, 0.1) is 13.2 Å². The molecule has 134 valence electrons. The molecule has 1 atom stereocenters. The van der Waals surface area contributed by atoms with E-state index in [9.17, 15) is 13.2 Å². The summed E-state index contributed by atoms with van der Waals surface area (Å²) in [6.07, 6.45) is -0.394. The Balaban J connectivity index is 2.07. The lowest BCUT2D eigenvalue weighted by Crippen LogP contribution is -2.52. The molecule has 0 unspecified atom stereocenters. The lowest BCUT2D eigenvalue weighted by Gasteiger charge is -2.38. The van der Waals surface area contributed by atoms with Gasteiger partial charge in [0.1, 0.15) is 0 Å². The predicted octanol–water partition coefficient (Wildman–Crippen LogP) is 3.77. The van der Waals surface area contributed by atoms with E-state index in [-0.39, 0.29) is 34.8 Å². The van der Waals surface area contributed by atoms with E-state index in [4.69, 9.17) is 21.6 Å². The van der Waals surface area contributed by atoms with Crippen LogP contribution in [0.3, 0.4) is 0 Å². The van der Waals surface area contributed by atoms with Crippen LogP contribution < -0.4 is 10.6 Å². The topological polar surface area (TPSA) is 69.4 Å². The number of rotatable bonds is 3. The van der Waals surface area contributed by atoms with Gasteiger partial charge in [0.15, 0.2) is 0 Å². The van der Waals surface area contributed by atoms with Gasteiger partial charge >= 0.3 is 6.18 Å². The first-order valence-corrected chi connectivity index (χ1v) is 8.22. The van der Waals surface area contributed by atoms with Crippen LogP contribution in [-0.4, -0.2) is 25.3 Å². The Morgan fingerprint density at radius 2 is 2.16 bits per heavy atom. The normalized spacial score (nSPS) is 25.2. The number of halogens is 4. The molecule has 1 aromatic carbocycles. The SMILES string of the molecule is N#C/N=C1/NC[C@](OCC2CCC2)(C(F)(F)F)c2cc(Cl)ccc2N1. The number of hydrogen-bond donors (Lipinski definition) is 2. The largest absolute Gasteiger partial charge is 0.423 e. The average Bonchev–Trinajstić information content (AvgIpc) is 2.64. The van der Waals surface area contributed by atoms with Gasteiger partial charge < -0.3 is 15.4 Å². The molecule has 2 aliphatic rings. The summed E-state index contributed by atoms with van der Waals surface area (Å²) in [5, 5.41) is 14.1. The Morgan fingerprint density at radius 1 is 1.40 bits per heavy atom. The molecule has 9 heteroatoms. The summed E-state index contributed by atoms with van der Waals surface area (Å²) in [4.78, 5) is 3.48. The summed E-state index contributed by atoms with van der Waals surface area (Å²) in [5.74, 6) is 0.0646. The fraction of sp³-hybridized carbons (Fsp3) is 0.500. The zero-order valence-electron chi connectivity index (χ0n) is 13.2. The minimum atomic E-state index is -4.69. The summed E-state index contributed by atoms with van der Waals surface area (Å²) in [6.45, 7) is -0.595. The number of aliphatic imine (C=N–C) groups is 1. The highest BCUT2D eigenvalue weighted by molar-refractivity contribution is 6.30. The maximum atomic E-state index is 14.1. The number of nitriles is 1. The summed E-state index contributed by atoms with van der Waals surface area (Å²) >= 11 is 5.95. The van der Waals surface area contributed by atoms with Crippen molar-refractivity contribution < 1.29 is 17.9 Å². The Morgan fingerprint density at radius 3 is 2.76 bits per heavy atom. The maximum absolute atomic E-state index is 14.1. The van der Waals surface area contributed by atoms with Crippen molar-refractivity contribution in [3.05, 3.63) is 28.8 Å². The Hall–Kier alpha value is -1.98. The number of guanidine groups is 1. The Bertz CT molecular complexity index is 727. The average molecular weight is 373 g/mol. The third kappa shape index (κ3) is 3.39. The van der Waals surface area contributed by atoms with Crippen molar-refractivity contribution in [1.29, 1.82) is 5.26 Å². The highest BCUT2D eigenvalue weighted by atomic mass is 35.5. The van der Waals surface area contributed by atoms with E-state index in [1.54, 1.807) is 6.19 Å². The van der Waals surface area contributed by atoms with Crippen LogP contribution >= 0.6 is 11.6 Å². The molecule has 0 bridgehead atoms. The van der Waals surface area contributed by atoms with Crippen molar-refractivity contribution in [3.63, 3.8) is 0 Å². The molecule has 0 radical (unpaired) electrons. The molecular weight excluding hydrogens is 357 g/mol. The molecule has 1 aromatic rings. The van der Waals surface area contributed by atoms with Gasteiger partial charge in [-0.1, -0.05) is 18.0 Å². The number of nitrogens with zero attached hydrogens (tertiary/aromatic N) is 2. The van der Waals surface area contributed by atoms with Crippen molar-refractivity contribution >= 4 is 23.2 Å². The van der Waals surface area contributed by atoms with Gasteiger partial charge in [-0.05, 0) is 37.0 Å². The van der Waals surface area contributed by atoms with Crippen LogP contribution in [0.2, 0.25) is 5.02 Å². The van der Waals surface area contributed by atoms with Crippen LogP contribution in [0.1, 0.15) is 24.8 Å². The first-order chi connectivity index (χ1) is 11.9. The fourth-order valence-corrected chi connectivity index (χ4v) is 3.11. The van der Waals surface area contributed by atoms with Gasteiger partial charge in [0, 0.05) is 16.3 Å². The van der Waals surface area contributed by atoms with Crippen LogP contribution in [0.25, 0.3) is 0 Å². The molecule has 5 nitrogen and oxygen atoms in total. The number of hydrogen-bond acceptors (Lipinski definition) is 3. The minimum absolute atomic E-state index is 0.0118. The van der Waals surface area contributed by atoms with Crippen molar-refractivity contribution in [2.45, 2.75) is 31.0 Å². The number of alkyl halides is 3. The van der Waals surface area contributed by atoms with E-state index in [1.165, 1.54) is 18.2 Å². The molecule has 2 N–H and O–H groups in total. The van der Waals surface area contributed by atoms with E-state index in [2.05, 4.69) is 15.6 Å². The number of nitrogens with one attached hydrogen (secondary N) is 2. The lowest BCUT2D eigenvalue weighted by atomic mass is 9.85. The van der Waals surface area contributed by atoms with Gasteiger partial charge in [-0.3, -0.25) is 0 Å². The van der Waals surface area contributed by atoms with E-state index in [0.717, 1.165) is 19.3 Å². The first-order valence-electron chi connectivity index (χ1n) is 7.84. The van der Waals surface area contributed by atoms with Gasteiger partial charge in [-0.15, -0.1) is 4.99 Å². The third-order valence-corrected chi connectivity index (χ3v) is 4.82. The summed E-state index contributed by atoms with van der Waals surface area (Å²) in [6, 6.07) is 4.13. The van der Waals surface area contributed by atoms with E-state index >= 15 is 0 Å². The molecular formula is C16H16ClF3N4O. The number of ether oxygens (including phenoxy) is 1. The van der Waals surface area contributed by atoms with Crippen LogP contribution in [0.4, 0.5) is 18.9 Å². The molecule has 1 aliphatic carbocycles. The highest BCUT2D eigenvalue weighted by Gasteiger charge is 2.59. The Kier molecular flexibility index (Phi) is 4.80. The minimum Gasteiger partial charge on any atom is -0.359 e. The molecule has 0 amide bonds. The summed E-state index contributed by atoms with van der Waals surface area (Å²) < 4.78 is 47.9. The summed E-state index contributed by atoms with van der Waals surface area (Å²) in [5.41, 5.74) is -2.56. The maximum Gasteiger partial charge on any atom is 0.423 e. The van der Waals surface area contributed by atoms with Crippen molar-refractivity contribution in [1.82, 2.24) is 5.32 Å². The monoisotopic (exact) mass is 372 g/mol. The number of anilines is 1. The van der Waals surface area contributed by atoms with E-state index < -0.39 is 18.3 Å². The zero-order chi connectivity index (χ0) is 18.1. The number of fused-ring (bicyclic) bond motifs is 1. The van der Waals surface area contributed by atoms with E-state index in [1.807, 2.05) is 0 Å². The molecule has 0 aromatic heterocycles.